The molecule has 1 heterocycles. The molecule has 0 saturated heterocycles. The van der Waals surface area contributed by atoms with Crippen LogP contribution in [-0.2, 0) is 11.3 Å². The Kier molecular flexibility index (Phi) is 4.76. The van der Waals surface area contributed by atoms with Crippen molar-refractivity contribution >= 4 is 6.09 Å². The minimum Gasteiger partial charge on any atom is -0.444 e. The Morgan fingerprint density at radius 1 is 1.50 bits per heavy atom. The molecular weight excluding hydrogens is 230 g/mol. The molecule has 18 heavy (non-hydrogen) atoms. The number of ether oxygens (including phenoxy) is 1. The Bertz CT molecular complexity index is 393. The standard InChI is InChI=1S/C13H23N3O2/c1-6-7-16(12(17)18-13(3,4)5)9-11-14-8-10(2)15-11/h8H,6-7,9H2,1-5H3,(H,14,15). The number of carbonyl (C=O) groups excluding carboxylic acids is 1. The average molecular weight is 253 g/mol. The summed E-state index contributed by atoms with van der Waals surface area (Å²) >= 11 is 0. The van der Waals surface area contributed by atoms with Crippen molar-refractivity contribution in [3.05, 3.63) is 17.7 Å². The predicted octanol–water partition coefficient (Wildman–Crippen LogP) is 2.87. The molecule has 0 aliphatic heterocycles. The van der Waals surface area contributed by atoms with Crippen molar-refractivity contribution in [3.63, 3.8) is 0 Å². The summed E-state index contributed by atoms with van der Waals surface area (Å²) in [7, 11) is 0. The average Bonchev–Trinajstić information content (AvgIpc) is 2.61. The van der Waals surface area contributed by atoms with Gasteiger partial charge in [-0.2, -0.15) is 0 Å². The van der Waals surface area contributed by atoms with E-state index in [0.717, 1.165) is 17.9 Å². The molecule has 5 nitrogen and oxygen atoms in total. The minimum absolute atomic E-state index is 0.293. The molecule has 1 aromatic rings. The second-order valence-electron chi connectivity index (χ2n) is 5.41. The highest BCUT2D eigenvalue weighted by atomic mass is 16.6. The van der Waals surface area contributed by atoms with Crippen LogP contribution in [0, 0.1) is 6.92 Å². The number of hydrogen-bond donors (Lipinski definition) is 1. The Hall–Kier alpha value is -1.52. The molecule has 1 aromatic heterocycles. The van der Waals surface area contributed by atoms with Gasteiger partial charge < -0.3 is 14.6 Å². The topological polar surface area (TPSA) is 58.2 Å². The zero-order valence-electron chi connectivity index (χ0n) is 11.9. The summed E-state index contributed by atoms with van der Waals surface area (Å²) in [5.41, 5.74) is 0.521. The van der Waals surface area contributed by atoms with Crippen molar-refractivity contribution in [1.29, 1.82) is 0 Å². The lowest BCUT2D eigenvalue weighted by Crippen LogP contribution is -2.37. The van der Waals surface area contributed by atoms with E-state index >= 15 is 0 Å². The van der Waals surface area contributed by atoms with Gasteiger partial charge >= 0.3 is 6.09 Å². The van der Waals surface area contributed by atoms with Crippen LogP contribution >= 0.6 is 0 Å². The molecular formula is C13H23N3O2. The van der Waals surface area contributed by atoms with Gasteiger partial charge in [0.05, 0.1) is 6.54 Å². The fraction of sp³-hybridized carbons (Fsp3) is 0.692. The summed E-state index contributed by atoms with van der Waals surface area (Å²) in [6.45, 7) is 10.7. The Balaban J connectivity index is 2.67. The number of carbonyl (C=O) groups is 1. The number of nitrogens with one attached hydrogen (secondary N) is 1. The first-order valence-electron chi connectivity index (χ1n) is 6.30. The second-order valence-corrected chi connectivity index (χ2v) is 5.41. The molecule has 0 fully saturated rings. The highest BCUT2D eigenvalue weighted by molar-refractivity contribution is 5.68. The van der Waals surface area contributed by atoms with Crippen molar-refractivity contribution in [2.24, 2.45) is 0 Å². The first-order chi connectivity index (χ1) is 8.31. The second kappa shape index (κ2) is 5.89. The van der Waals surface area contributed by atoms with Gasteiger partial charge in [0.1, 0.15) is 11.4 Å². The summed E-state index contributed by atoms with van der Waals surface area (Å²) in [5.74, 6) is 0.784. The lowest BCUT2D eigenvalue weighted by atomic mass is 10.2. The number of nitrogens with zero attached hydrogens (tertiary/aromatic N) is 2. The summed E-state index contributed by atoms with van der Waals surface area (Å²) in [5, 5.41) is 0. The number of imidazole rings is 1. The summed E-state index contributed by atoms with van der Waals surface area (Å²) in [4.78, 5) is 21.0. The Morgan fingerprint density at radius 2 is 2.17 bits per heavy atom. The van der Waals surface area contributed by atoms with Crippen molar-refractivity contribution in [1.82, 2.24) is 14.9 Å². The van der Waals surface area contributed by atoms with Crippen molar-refractivity contribution in [2.75, 3.05) is 6.54 Å². The normalized spacial score (nSPS) is 11.4. The van der Waals surface area contributed by atoms with Crippen LogP contribution in [0.3, 0.4) is 0 Å². The molecule has 0 aromatic carbocycles. The van der Waals surface area contributed by atoms with Gasteiger partial charge in [0.25, 0.3) is 0 Å². The fourth-order valence-electron chi connectivity index (χ4n) is 1.56. The van der Waals surface area contributed by atoms with Gasteiger partial charge in [-0.15, -0.1) is 0 Å². The minimum atomic E-state index is -0.470. The number of hydrogen-bond acceptors (Lipinski definition) is 3. The van der Waals surface area contributed by atoms with Gasteiger partial charge in [-0.25, -0.2) is 9.78 Å². The van der Waals surface area contributed by atoms with E-state index in [1.54, 1.807) is 11.1 Å². The molecule has 0 bridgehead atoms. The third-order valence-corrected chi connectivity index (χ3v) is 2.24. The first-order valence-corrected chi connectivity index (χ1v) is 6.30. The highest BCUT2D eigenvalue weighted by Gasteiger charge is 2.22. The molecule has 1 rings (SSSR count). The third-order valence-electron chi connectivity index (χ3n) is 2.24. The van der Waals surface area contributed by atoms with Gasteiger partial charge in [-0.05, 0) is 34.1 Å². The summed E-state index contributed by atoms with van der Waals surface area (Å²) < 4.78 is 5.38. The van der Waals surface area contributed by atoms with E-state index in [4.69, 9.17) is 4.74 Å². The maximum absolute atomic E-state index is 12.0. The van der Waals surface area contributed by atoms with E-state index in [1.165, 1.54) is 0 Å². The van der Waals surface area contributed by atoms with Crippen LogP contribution in [0.4, 0.5) is 4.79 Å². The lowest BCUT2D eigenvalue weighted by molar-refractivity contribution is 0.0229. The van der Waals surface area contributed by atoms with Crippen molar-refractivity contribution < 1.29 is 9.53 Å². The molecule has 5 heteroatoms. The van der Waals surface area contributed by atoms with E-state index in [9.17, 15) is 4.79 Å². The van der Waals surface area contributed by atoms with Crippen LogP contribution in [0.15, 0.2) is 6.20 Å². The van der Waals surface area contributed by atoms with Gasteiger partial charge in [0.15, 0.2) is 0 Å². The zero-order chi connectivity index (χ0) is 13.8. The fourth-order valence-corrected chi connectivity index (χ4v) is 1.56. The number of H-pyrrole nitrogens is 1. The molecule has 0 spiro atoms. The molecule has 0 atom stereocenters. The molecule has 102 valence electrons. The van der Waals surface area contributed by atoms with E-state index < -0.39 is 5.60 Å². The van der Waals surface area contributed by atoms with Crippen LogP contribution in [0.25, 0.3) is 0 Å². The van der Waals surface area contributed by atoms with E-state index in [-0.39, 0.29) is 6.09 Å². The van der Waals surface area contributed by atoms with Crippen LogP contribution in [0.1, 0.15) is 45.6 Å². The number of aromatic amines is 1. The third kappa shape index (κ3) is 4.77. The Morgan fingerprint density at radius 3 is 2.61 bits per heavy atom. The number of aromatic nitrogens is 2. The van der Waals surface area contributed by atoms with Crippen molar-refractivity contribution in [2.45, 2.75) is 53.2 Å². The smallest absolute Gasteiger partial charge is 0.410 e. The first kappa shape index (κ1) is 14.5. The number of rotatable bonds is 4. The molecule has 1 N–H and O–H groups in total. The number of amides is 1. The van der Waals surface area contributed by atoms with Crippen LogP contribution in [0.5, 0.6) is 0 Å². The molecule has 1 amide bonds. The van der Waals surface area contributed by atoms with Crippen molar-refractivity contribution in [3.8, 4) is 0 Å². The van der Waals surface area contributed by atoms with E-state index in [2.05, 4.69) is 9.97 Å². The molecule has 0 aliphatic carbocycles. The SMILES string of the molecule is CCCN(Cc1ncc(C)[nH]1)C(=O)OC(C)(C)C. The molecule has 0 aliphatic rings. The maximum Gasteiger partial charge on any atom is 0.410 e. The van der Waals surface area contributed by atoms with Gasteiger partial charge in [0, 0.05) is 18.4 Å². The van der Waals surface area contributed by atoms with Gasteiger partial charge in [0.2, 0.25) is 0 Å². The molecule has 0 unspecified atom stereocenters. The van der Waals surface area contributed by atoms with Gasteiger partial charge in [-0.3, -0.25) is 0 Å². The molecule has 0 saturated carbocycles. The summed E-state index contributed by atoms with van der Waals surface area (Å²) in [6.07, 6.45) is 2.35. The highest BCUT2D eigenvalue weighted by Crippen LogP contribution is 2.12. The monoisotopic (exact) mass is 253 g/mol. The van der Waals surface area contributed by atoms with E-state index in [1.807, 2.05) is 34.6 Å². The quantitative estimate of drug-likeness (QED) is 0.897. The van der Waals surface area contributed by atoms with Crippen LogP contribution in [0.2, 0.25) is 0 Å². The summed E-state index contributed by atoms with van der Waals surface area (Å²) in [6, 6.07) is 0. The Labute approximate surface area is 109 Å². The zero-order valence-corrected chi connectivity index (χ0v) is 11.9. The van der Waals surface area contributed by atoms with Crippen LogP contribution < -0.4 is 0 Å². The maximum atomic E-state index is 12.0. The molecule has 0 radical (unpaired) electrons. The predicted molar refractivity (Wildman–Crippen MR) is 70.3 cm³/mol. The largest absolute Gasteiger partial charge is 0.444 e. The lowest BCUT2D eigenvalue weighted by Gasteiger charge is -2.26. The van der Waals surface area contributed by atoms with Crippen LogP contribution in [-0.4, -0.2) is 33.1 Å². The van der Waals surface area contributed by atoms with Gasteiger partial charge in [-0.1, -0.05) is 6.92 Å². The number of aryl methyl sites for hydroxylation is 1. The van der Waals surface area contributed by atoms with E-state index in [0.29, 0.717) is 13.1 Å².